The van der Waals surface area contributed by atoms with Gasteiger partial charge in [-0.3, -0.25) is 0 Å². The minimum Gasteiger partial charge on any atom is -0.355 e. The second kappa shape index (κ2) is 16.3. The summed E-state index contributed by atoms with van der Waals surface area (Å²) in [5.74, 6) is 1.03. The number of benzene rings is 9. The molecule has 1 aromatic heterocycles. The molecule has 0 spiro atoms. The predicted octanol–water partition coefficient (Wildman–Crippen LogP) is 18.0. The molecular formula is C69H52N2. The Morgan fingerprint density at radius 2 is 1.20 bits per heavy atom. The highest BCUT2D eigenvalue weighted by Crippen LogP contribution is 2.58. The first-order valence-corrected chi connectivity index (χ1v) is 25.3. The highest BCUT2D eigenvalue weighted by molar-refractivity contribution is 6.00. The van der Waals surface area contributed by atoms with Crippen molar-refractivity contribution < 1.29 is 0 Å². The van der Waals surface area contributed by atoms with Gasteiger partial charge in [0.1, 0.15) is 0 Å². The van der Waals surface area contributed by atoms with Crippen LogP contribution in [0.2, 0.25) is 0 Å². The van der Waals surface area contributed by atoms with E-state index in [1.807, 2.05) is 0 Å². The van der Waals surface area contributed by atoms with Crippen LogP contribution in [0.4, 0.5) is 11.4 Å². The van der Waals surface area contributed by atoms with Crippen LogP contribution >= 0.6 is 0 Å². The third kappa shape index (κ3) is 6.41. The number of nitrogens with one attached hydrogen (secondary N) is 1. The van der Waals surface area contributed by atoms with E-state index in [2.05, 4.69) is 266 Å². The fourth-order valence-electron chi connectivity index (χ4n) is 12.9. The van der Waals surface area contributed by atoms with E-state index < -0.39 is 5.41 Å². The summed E-state index contributed by atoms with van der Waals surface area (Å²) < 4.78 is 2.59. The van der Waals surface area contributed by atoms with Crippen LogP contribution in [-0.4, -0.2) is 4.57 Å². The van der Waals surface area contributed by atoms with Crippen molar-refractivity contribution >= 4 is 28.4 Å². The molecule has 1 N–H and O–H groups in total. The molecule has 4 unspecified atom stereocenters. The van der Waals surface area contributed by atoms with E-state index in [-0.39, 0.29) is 5.92 Å². The van der Waals surface area contributed by atoms with E-state index in [9.17, 15) is 0 Å². The first-order valence-electron chi connectivity index (χ1n) is 25.3. The molecule has 0 amide bonds. The van der Waals surface area contributed by atoms with Crippen LogP contribution in [0.15, 0.2) is 242 Å². The normalized spacial score (nSPS) is 19.0. The third-order valence-electron chi connectivity index (χ3n) is 16.0. The van der Waals surface area contributed by atoms with Crippen LogP contribution in [-0.2, 0) is 5.41 Å². The molecule has 0 radical (unpaired) electrons. The summed E-state index contributed by atoms with van der Waals surface area (Å²) in [6.07, 6.45) is 13.1. The molecule has 0 saturated heterocycles. The van der Waals surface area contributed by atoms with E-state index in [0.29, 0.717) is 11.8 Å². The lowest BCUT2D eigenvalue weighted by Gasteiger charge is -2.36. The van der Waals surface area contributed by atoms with E-state index in [1.165, 1.54) is 106 Å². The number of hydrogen-bond donors (Lipinski definition) is 1. The van der Waals surface area contributed by atoms with Crippen molar-refractivity contribution in [3.05, 3.63) is 276 Å². The van der Waals surface area contributed by atoms with Crippen molar-refractivity contribution in [2.24, 2.45) is 11.8 Å². The van der Waals surface area contributed by atoms with Gasteiger partial charge in [-0.15, -0.1) is 0 Å². The average molecular weight is 909 g/mol. The Hall–Kier alpha value is -8.46. The van der Waals surface area contributed by atoms with Gasteiger partial charge in [-0.2, -0.15) is 0 Å². The summed E-state index contributed by atoms with van der Waals surface area (Å²) in [7, 11) is 0. The molecule has 1 aliphatic heterocycles. The lowest BCUT2D eigenvalue weighted by atomic mass is 9.65. The number of hydrogen-bond acceptors (Lipinski definition) is 1. The molecule has 0 fully saturated rings. The molecular weight excluding hydrogens is 857 g/mol. The predicted molar refractivity (Wildman–Crippen MR) is 298 cm³/mol. The summed E-state index contributed by atoms with van der Waals surface area (Å²) in [5.41, 5.74) is 26.0. The van der Waals surface area contributed by atoms with Gasteiger partial charge in [0.25, 0.3) is 0 Å². The van der Waals surface area contributed by atoms with Crippen LogP contribution in [0.1, 0.15) is 59.7 Å². The lowest BCUT2D eigenvalue weighted by molar-refractivity contribution is 0.600. The second-order valence-electron chi connectivity index (χ2n) is 20.2. The maximum absolute atomic E-state index is 3.95. The SMILES string of the molecule is CC1C=C(C2(c3ccccc3)c3ccccc3-c3ccc(Nc4ccccc4-c4cccc(-c5ccc6c(c5)c5c7n6-c6ccc(-c8ccccc8)cc6-c6ccccc6C7C(C)C=C5)c4)cc32)C=CC1. The van der Waals surface area contributed by atoms with E-state index in [0.717, 1.165) is 23.4 Å². The summed E-state index contributed by atoms with van der Waals surface area (Å²) in [5, 5.41) is 5.24. The Morgan fingerprint density at radius 3 is 2.06 bits per heavy atom. The van der Waals surface area contributed by atoms with E-state index >= 15 is 0 Å². The number of para-hydroxylation sites is 1. The van der Waals surface area contributed by atoms with Gasteiger partial charge in [0.2, 0.25) is 0 Å². The zero-order valence-corrected chi connectivity index (χ0v) is 40.0. The second-order valence-corrected chi connectivity index (χ2v) is 20.2. The first kappa shape index (κ1) is 41.5. The fraction of sp³-hybridized carbons (Fsp3) is 0.101. The lowest BCUT2D eigenvalue weighted by Crippen LogP contribution is -2.30. The van der Waals surface area contributed by atoms with Gasteiger partial charge in [-0.05, 0) is 139 Å². The fourth-order valence-corrected chi connectivity index (χ4v) is 12.9. The smallest absolute Gasteiger partial charge is 0.0711 e. The van der Waals surface area contributed by atoms with Gasteiger partial charge >= 0.3 is 0 Å². The van der Waals surface area contributed by atoms with Gasteiger partial charge in [0, 0.05) is 45.1 Å². The monoisotopic (exact) mass is 908 g/mol. The molecule has 2 heteroatoms. The molecule has 3 aliphatic carbocycles. The van der Waals surface area contributed by atoms with Crippen molar-refractivity contribution in [3.63, 3.8) is 0 Å². The van der Waals surface area contributed by atoms with Crippen LogP contribution in [0.25, 0.3) is 78.3 Å². The summed E-state index contributed by atoms with van der Waals surface area (Å²) in [6, 6.07) is 79.2. The highest BCUT2D eigenvalue weighted by atomic mass is 15.0. The van der Waals surface area contributed by atoms with Crippen LogP contribution in [0.3, 0.4) is 0 Å². The maximum atomic E-state index is 3.95. The van der Waals surface area contributed by atoms with Gasteiger partial charge in [0.05, 0.1) is 16.6 Å². The quantitative estimate of drug-likeness (QED) is 0.169. The molecule has 10 aromatic rings. The van der Waals surface area contributed by atoms with E-state index in [4.69, 9.17) is 0 Å². The molecule has 0 saturated carbocycles. The molecule has 0 bridgehead atoms. The zero-order chi connectivity index (χ0) is 47.2. The van der Waals surface area contributed by atoms with Gasteiger partial charge in [-0.1, -0.05) is 208 Å². The average Bonchev–Trinajstić information content (AvgIpc) is 3.87. The first-order chi connectivity index (χ1) is 35.0. The maximum Gasteiger partial charge on any atom is 0.0711 e. The summed E-state index contributed by atoms with van der Waals surface area (Å²) in [6.45, 7) is 4.72. The minimum atomic E-state index is -0.434. The zero-order valence-electron chi connectivity index (χ0n) is 40.0. The molecule has 4 atom stereocenters. The van der Waals surface area contributed by atoms with Crippen LogP contribution < -0.4 is 5.32 Å². The number of aromatic nitrogens is 1. The van der Waals surface area contributed by atoms with Crippen LogP contribution in [0, 0.1) is 11.8 Å². The Kier molecular flexibility index (Phi) is 9.54. The van der Waals surface area contributed by atoms with Crippen LogP contribution in [0.5, 0.6) is 0 Å². The Morgan fingerprint density at radius 1 is 0.507 bits per heavy atom. The topological polar surface area (TPSA) is 17.0 Å². The molecule has 4 aliphatic rings. The molecule has 14 rings (SSSR count). The number of anilines is 2. The van der Waals surface area contributed by atoms with Gasteiger partial charge < -0.3 is 9.88 Å². The Balaban J connectivity index is 0.861. The van der Waals surface area contributed by atoms with Crippen molar-refractivity contribution in [3.8, 4) is 61.3 Å². The van der Waals surface area contributed by atoms with E-state index in [1.54, 1.807) is 0 Å². The largest absolute Gasteiger partial charge is 0.355 e. The summed E-state index contributed by atoms with van der Waals surface area (Å²) >= 11 is 0. The van der Waals surface area contributed by atoms with Gasteiger partial charge in [-0.25, -0.2) is 0 Å². The van der Waals surface area contributed by atoms with Crippen molar-refractivity contribution in [2.75, 3.05) is 5.32 Å². The number of fused-ring (bicyclic) bond motifs is 11. The number of rotatable bonds is 7. The highest BCUT2D eigenvalue weighted by Gasteiger charge is 2.47. The number of allylic oxidation sites excluding steroid dienone is 5. The Labute approximate surface area is 416 Å². The molecule has 2 nitrogen and oxygen atoms in total. The summed E-state index contributed by atoms with van der Waals surface area (Å²) in [4.78, 5) is 0. The molecule has 338 valence electrons. The molecule has 9 aromatic carbocycles. The van der Waals surface area contributed by atoms with Gasteiger partial charge in [0.15, 0.2) is 0 Å². The third-order valence-corrected chi connectivity index (χ3v) is 16.0. The van der Waals surface area contributed by atoms with Crippen molar-refractivity contribution in [2.45, 2.75) is 31.6 Å². The molecule has 71 heavy (non-hydrogen) atoms. The standard InChI is InChI=1S/C69H52N2/c1-44-17-15-24-52(39-44)69(51-22-7-4-8-23-51)62-29-13-11-27-56(62)57-36-34-53(43-63(57)69)70-64-30-14-12-25-54(64)50-21-16-20-47(40-50)49-33-38-66-61(42-49)59-35-31-45(2)67-58-28-10-9-26-55(58)60-41-48(46-18-5-3-6-19-46)32-37-65(60)71(66)68(59)67/h3-16,18-45,67,70H,17H2,1-2H3. The molecule has 2 heterocycles. The Bertz CT molecular complexity index is 3860. The van der Waals surface area contributed by atoms with Crippen molar-refractivity contribution in [1.82, 2.24) is 4.57 Å². The number of nitrogens with zero attached hydrogens (tertiary/aromatic N) is 1. The van der Waals surface area contributed by atoms with Crippen molar-refractivity contribution in [1.29, 1.82) is 0 Å². The minimum absolute atomic E-state index is 0.225.